The van der Waals surface area contributed by atoms with Crippen LogP contribution in [0.15, 0.2) is 0 Å². The number of phosphoric ester groups is 2. The van der Waals surface area contributed by atoms with Crippen molar-refractivity contribution in [3.63, 3.8) is 0 Å². The molecule has 0 aromatic heterocycles. The lowest BCUT2D eigenvalue weighted by Crippen LogP contribution is -2.30. The van der Waals surface area contributed by atoms with Crippen LogP contribution >= 0.6 is 15.6 Å². The molecule has 88 heavy (non-hydrogen) atoms. The molecular formula is C69H134O17P2. The van der Waals surface area contributed by atoms with E-state index in [0.29, 0.717) is 25.7 Å². The first-order valence-corrected chi connectivity index (χ1v) is 38.8. The average molecular weight is 1300 g/mol. The fraction of sp³-hybridized carbons (Fsp3) is 0.942. The predicted molar refractivity (Wildman–Crippen MR) is 354 cm³/mol. The Morgan fingerprint density at radius 1 is 0.318 bits per heavy atom. The zero-order chi connectivity index (χ0) is 65.4. The number of unbranched alkanes of at least 4 members (excludes halogenated alkanes) is 29. The summed E-state index contributed by atoms with van der Waals surface area (Å²) in [5.74, 6) is 0.897. The number of carbonyl (C=O) groups is 4. The first kappa shape index (κ1) is 86.1. The molecule has 0 aromatic carbocycles. The van der Waals surface area contributed by atoms with Crippen molar-refractivity contribution in [2.24, 2.45) is 23.7 Å². The molecule has 0 bridgehead atoms. The fourth-order valence-corrected chi connectivity index (χ4v) is 11.8. The van der Waals surface area contributed by atoms with Crippen LogP contribution in [0.4, 0.5) is 0 Å². The third kappa shape index (κ3) is 59.1. The van der Waals surface area contributed by atoms with Crippen LogP contribution in [0.1, 0.15) is 338 Å². The van der Waals surface area contributed by atoms with Crippen LogP contribution in [0.2, 0.25) is 0 Å². The third-order valence-electron chi connectivity index (χ3n) is 16.9. The summed E-state index contributed by atoms with van der Waals surface area (Å²) in [6.45, 7) is 14.1. The van der Waals surface area contributed by atoms with Crippen molar-refractivity contribution in [2.75, 3.05) is 39.6 Å². The SMILES string of the molecule is CCC(C)CCCCCCCCCCCCC(=O)O[C@H](COC(=O)CCCCCCCCC(C)CC)COP(=O)(O)OC[C@H](O)COP(=O)(O)OC[C@@H](COC(=O)CCCCCCCCC(C)CC)OC(=O)CCCCCCCCCCCCCC(C)C. The molecule has 0 rings (SSSR count). The van der Waals surface area contributed by atoms with E-state index in [1.807, 2.05) is 0 Å². The molecule has 0 aliphatic carbocycles. The van der Waals surface area contributed by atoms with Gasteiger partial charge in [0.15, 0.2) is 12.2 Å². The molecule has 17 nitrogen and oxygen atoms in total. The van der Waals surface area contributed by atoms with E-state index in [9.17, 15) is 43.2 Å². The molecule has 0 aliphatic rings. The Kier molecular flexibility index (Phi) is 57.6. The summed E-state index contributed by atoms with van der Waals surface area (Å²) < 4.78 is 68.2. The summed E-state index contributed by atoms with van der Waals surface area (Å²) in [5, 5.41) is 10.6. The molecule has 19 heteroatoms. The van der Waals surface area contributed by atoms with E-state index >= 15 is 0 Å². The van der Waals surface area contributed by atoms with Gasteiger partial charge in [0.25, 0.3) is 0 Å². The normalized spacial score (nSPS) is 15.2. The lowest BCUT2D eigenvalue weighted by Gasteiger charge is -2.21. The number of rotatable bonds is 66. The van der Waals surface area contributed by atoms with Crippen LogP contribution < -0.4 is 0 Å². The van der Waals surface area contributed by atoms with Crippen molar-refractivity contribution in [3.05, 3.63) is 0 Å². The number of aliphatic hydroxyl groups excluding tert-OH is 1. The van der Waals surface area contributed by atoms with Crippen molar-refractivity contribution in [2.45, 2.75) is 356 Å². The first-order valence-electron chi connectivity index (χ1n) is 35.8. The molecule has 0 spiro atoms. The molecule has 0 aliphatic heterocycles. The van der Waals surface area contributed by atoms with Crippen molar-refractivity contribution in [3.8, 4) is 0 Å². The van der Waals surface area contributed by atoms with Gasteiger partial charge >= 0.3 is 39.5 Å². The molecule has 522 valence electrons. The second kappa shape index (κ2) is 58.8. The molecule has 0 heterocycles. The number of ether oxygens (including phenoxy) is 4. The summed E-state index contributed by atoms with van der Waals surface area (Å²) in [6.07, 6.45) is 40.2. The van der Waals surface area contributed by atoms with Gasteiger partial charge in [-0.15, -0.1) is 0 Å². The second-order valence-corrected chi connectivity index (χ2v) is 29.0. The van der Waals surface area contributed by atoms with E-state index in [1.165, 1.54) is 128 Å². The lowest BCUT2D eigenvalue weighted by atomic mass is 9.99. The molecule has 0 aromatic rings. The van der Waals surface area contributed by atoms with Crippen LogP contribution in [-0.2, 0) is 65.4 Å². The molecular weight excluding hydrogens is 1160 g/mol. The highest BCUT2D eigenvalue weighted by atomic mass is 31.2. The average Bonchev–Trinajstić information content (AvgIpc) is 3.53. The van der Waals surface area contributed by atoms with Gasteiger partial charge in [0.1, 0.15) is 19.3 Å². The van der Waals surface area contributed by atoms with Crippen LogP contribution in [-0.4, -0.2) is 96.7 Å². The molecule has 0 fully saturated rings. The van der Waals surface area contributed by atoms with Crippen LogP contribution in [0.5, 0.6) is 0 Å². The van der Waals surface area contributed by atoms with Gasteiger partial charge in [-0.2, -0.15) is 0 Å². The third-order valence-corrected chi connectivity index (χ3v) is 18.8. The van der Waals surface area contributed by atoms with Crippen molar-refractivity contribution >= 4 is 39.5 Å². The smallest absolute Gasteiger partial charge is 0.462 e. The van der Waals surface area contributed by atoms with Crippen LogP contribution in [0, 0.1) is 23.7 Å². The van der Waals surface area contributed by atoms with Gasteiger partial charge in [-0.25, -0.2) is 9.13 Å². The van der Waals surface area contributed by atoms with Gasteiger partial charge in [0.2, 0.25) is 0 Å². The summed E-state index contributed by atoms with van der Waals surface area (Å²) in [7, 11) is -9.90. The Bertz CT molecular complexity index is 1750. The molecule has 0 saturated heterocycles. The number of esters is 4. The summed E-state index contributed by atoms with van der Waals surface area (Å²) in [4.78, 5) is 72.5. The van der Waals surface area contributed by atoms with Crippen molar-refractivity contribution in [1.29, 1.82) is 0 Å². The van der Waals surface area contributed by atoms with Crippen LogP contribution in [0.3, 0.4) is 0 Å². The number of hydrogen-bond donors (Lipinski definition) is 3. The number of aliphatic hydroxyl groups is 1. The monoisotopic (exact) mass is 1300 g/mol. The highest BCUT2D eigenvalue weighted by Gasteiger charge is 2.30. The number of carbonyl (C=O) groups excluding carboxylic acids is 4. The highest BCUT2D eigenvalue weighted by molar-refractivity contribution is 7.47. The Morgan fingerprint density at radius 2 is 0.545 bits per heavy atom. The van der Waals surface area contributed by atoms with Gasteiger partial charge in [-0.3, -0.25) is 37.3 Å². The summed E-state index contributed by atoms with van der Waals surface area (Å²) >= 11 is 0. The van der Waals surface area contributed by atoms with Gasteiger partial charge in [0.05, 0.1) is 26.4 Å². The maximum atomic E-state index is 13.0. The maximum absolute atomic E-state index is 13.0. The second-order valence-electron chi connectivity index (χ2n) is 26.1. The first-order chi connectivity index (χ1) is 42.2. The van der Waals surface area contributed by atoms with Gasteiger partial charge < -0.3 is 33.8 Å². The van der Waals surface area contributed by atoms with E-state index < -0.39 is 97.5 Å². The Balaban J connectivity index is 5.27. The van der Waals surface area contributed by atoms with E-state index in [1.54, 1.807) is 0 Å². The highest BCUT2D eigenvalue weighted by Crippen LogP contribution is 2.45. The van der Waals surface area contributed by atoms with Crippen molar-refractivity contribution < 1.29 is 80.2 Å². The Hall–Kier alpha value is -1.94. The summed E-state index contributed by atoms with van der Waals surface area (Å²) in [6, 6.07) is 0. The Morgan fingerprint density at radius 3 is 0.807 bits per heavy atom. The van der Waals surface area contributed by atoms with Crippen LogP contribution in [0.25, 0.3) is 0 Å². The zero-order valence-electron chi connectivity index (χ0n) is 57.3. The maximum Gasteiger partial charge on any atom is 0.472 e. The minimum absolute atomic E-state index is 0.105. The minimum Gasteiger partial charge on any atom is -0.462 e. The molecule has 8 atom stereocenters. The minimum atomic E-state index is -4.95. The molecule has 3 N–H and O–H groups in total. The zero-order valence-corrected chi connectivity index (χ0v) is 59.1. The lowest BCUT2D eigenvalue weighted by molar-refractivity contribution is -0.161. The quantitative estimate of drug-likeness (QED) is 0.0222. The topological polar surface area (TPSA) is 237 Å². The molecule has 0 amide bonds. The van der Waals surface area contributed by atoms with E-state index in [4.69, 9.17) is 37.0 Å². The van der Waals surface area contributed by atoms with Gasteiger partial charge in [-0.1, -0.05) is 287 Å². The standard InChI is InChI=1S/C69H134O17P2/c1-9-60(6)46-38-30-22-18-15-16-20-24-36-44-52-69(74)86-65(56-80-67(72)50-42-34-28-26-32-40-48-62(8)11-3)58-84-88(77,78)82-54-63(70)53-81-87(75,76)83-57-64(55-79-66(71)49-41-33-27-25-31-39-47-61(7)10-2)85-68(73)51-43-35-23-19-14-12-13-17-21-29-37-45-59(4)5/h59-65,70H,9-58H2,1-8H3,(H,75,76)(H,77,78)/t60?,61?,62?,63-,64-,65-/m1/s1. The molecule has 0 saturated carbocycles. The largest absolute Gasteiger partial charge is 0.472 e. The summed E-state index contributed by atoms with van der Waals surface area (Å²) in [5.41, 5.74) is 0. The fourth-order valence-electron chi connectivity index (χ4n) is 10.2. The van der Waals surface area contributed by atoms with Gasteiger partial charge in [-0.05, 0) is 49.4 Å². The Labute approximate surface area is 537 Å². The number of phosphoric acid groups is 2. The van der Waals surface area contributed by atoms with E-state index in [2.05, 4.69) is 55.4 Å². The van der Waals surface area contributed by atoms with E-state index in [-0.39, 0.29) is 25.7 Å². The molecule has 5 unspecified atom stereocenters. The molecule has 0 radical (unpaired) electrons. The predicted octanol–water partition coefficient (Wildman–Crippen LogP) is 19.3. The van der Waals surface area contributed by atoms with Gasteiger partial charge in [0, 0.05) is 25.7 Å². The van der Waals surface area contributed by atoms with Crippen molar-refractivity contribution in [1.82, 2.24) is 0 Å². The number of hydrogen-bond acceptors (Lipinski definition) is 15. The van der Waals surface area contributed by atoms with E-state index in [0.717, 1.165) is 126 Å².